The number of nitrogens with zero attached hydrogens (tertiary/aromatic N) is 3. The minimum Gasteiger partial charge on any atom is -0.506 e. The molecule has 0 amide bonds. The molecule has 1 fully saturated rings. The molecule has 2 aliphatic rings. The molecule has 0 saturated carbocycles. The normalized spacial score (nSPS) is 21.2. The average molecular weight is 491 g/mol. The lowest BCUT2D eigenvalue weighted by molar-refractivity contribution is 0.473. The lowest BCUT2D eigenvalue weighted by Crippen LogP contribution is -2.42. The third kappa shape index (κ3) is 3.71. The van der Waals surface area contributed by atoms with Crippen LogP contribution in [0.2, 0.25) is 5.02 Å². The molecule has 2 N–H and O–H groups in total. The number of aromatic hydroxyl groups is 1. The SMILES string of the molecule is CC1=CC(C)(C)N(C)c2ccc([C@H]3[C@H](c4ccccn4)NC(=S)N3c3cc(Cl)ccc3O)cc21. The van der Waals surface area contributed by atoms with Crippen LogP contribution >= 0.6 is 23.8 Å². The van der Waals surface area contributed by atoms with Gasteiger partial charge in [0.15, 0.2) is 5.11 Å². The van der Waals surface area contributed by atoms with E-state index in [0.29, 0.717) is 15.8 Å². The van der Waals surface area contributed by atoms with E-state index < -0.39 is 0 Å². The number of pyridine rings is 1. The van der Waals surface area contributed by atoms with E-state index in [0.717, 1.165) is 11.3 Å². The predicted octanol–water partition coefficient (Wildman–Crippen LogP) is 6.25. The van der Waals surface area contributed by atoms with Crippen molar-refractivity contribution in [3.63, 3.8) is 0 Å². The number of nitrogens with one attached hydrogen (secondary N) is 1. The lowest BCUT2D eigenvalue weighted by atomic mass is 9.86. The highest BCUT2D eigenvalue weighted by atomic mass is 35.5. The summed E-state index contributed by atoms with van der Waals surface area (Å²) in [6.45, 7) is 6.59. The number of aromatic nitrogens is 1. The largest absolute Gasteiger partial charge is 0.506 e. The van der Waals surface area contributed by atoms with E-state index in [4.69, 9.17) is 23.8 Å². The number of fused-ring (bicyclic) bond motifs is 1. The van der Waals surface area contributed by atoms with E-state index in [-0.39, 0.29) is 23.4 Å². The fourth-order valence-electron chi connectivity index (χ4n) is 5.00. The maximum Gasteiger partial charge on any atom is 0.174 e. The first-order valence-electron chi connectivity index (χ1n) is 11.2. The van der Waals surface area contributed by atoms with E-state index in [1.165, 1.54) is 16.8 Å². The molecule has 34 heavy (non-hydrogen) atoms. The first-order valence-corrected chi connectivity index (χ1v) is 12.0. The van der Waals surface area contributed by atoms with E-state index in [2.05, 4.69) is 67.3 Å². The minimum absolute atomic E-state index is 0.0653. The van der Waals surface area contributed by atoms with Gasteiger partial charge in [0.05, 0.1) is 29.0 Å². The molecule has 5 nitrogen and oxygen atoms in total. The highest BCUT2D eigenvalue weighted by molar-refractivity contribution is 7.80. The first-order chi connectivity index (χ1) is 16.2. The maximum atomic E-state index is 10.7. The summed E-state index contributed by atoms with van der Waals surface area (Å²) in [4.78, 5) is 8.87. The van der Waals surface area contributed by atoms with Gasteiger partial charge in [-0.1, -0.05) is 29.8 Å². The van der Waals surface area contributed by atoms with Gasteiger partial charge in [0, 0.05) is 29.5 Å². The van der Waals surface area contributed by atoms with Gasteiger partial charge in [-0.05, 0) is 86.6 Å². The molecule has 174 valence electrons. The van der Waals surface area contributed by atoms with Crippen LogP contribution in [0.3, 0.4) is 0 Å². The maximum absolute atomic E-state index is 10.7. The van der Waals surface area contributed by atoms with Crippen molar-refractivity contribution in [1.82, 2.24) is 10.3 Å². The summed E-state index contributed by atoms with van der Waals surface area (Å²) < 4.78 is 0. The van der Waals surface area contributed by atoms with Crippen LogP contribution in [0.4, 0.5) is 11.4 Å². The molecule has 0 spiro atoms. The molecule has 7 heteroatoms. The Balaban J connectivity index is 1.69. The molecule has 0 unspecified atom stereocenters. The number of anilines is 2. The second kappa shape index (κ2) is 8.29. The van der Waals surface area contributed by atoms with Gasteiger partial charge >= 0.3 is 0 Å². The number of hydrogen-bond acceptors (Lipinski definition) is 4. The highest BCUT2D eigenvalue weighted by Crippen LogP contribution is 2.47. The van der Waals surface area contributed by atoms with E-state index in [1.807, 2.05) is 23.1 Å². The molecule has 3 aromatic rings. The number of benzene rings is 2. The zero-order chi connectivity index (χ0) is 24.2. The zero-order valence-corrected chi connectivity index (χ0v) is 21.2. The fraction of sp³-hybridized carbons (Fsp3) is 0.259. The number of allylic oxidation sites excluding steroid dienone is 1. The highest BCUT2D eigenvalue weighted by Gasteiger charge is 2.42. The molecule has 0 bridgehead atoms. The fourth-order valence-corrected chi connectivity index (χ4v) is 5.51. The van der Waals surface area contributed by atoms with Crippen LogP contribution in [0.15, 0.2) is 66.9 Å². The molecule has 3 heterocycles. The van der Waals surface area contributed by atoms with Crippen molar-refractivity contribution in [3.8, 4) is 5.75 Å². The van der Waals surface area contributed by atoms with Crippen LogP contribution < -0.4 is 15.1 Å². The summed E-state index contributed by atoms with van der Waals surface area (Å²) in [6, 6.07) is 17.0. The summed E-state index contributed by atoms with van der Waals surface area (Å²) in [5.74, 6) is 0.121. The molecule has 2 aliphatic heterocycles. The number of rotatable bonds is 3. The Kier molecular flexibility index (Phi) is 5.53. The molecule has 1 saturated heterocycles. The average Bonchev–Trinajstić information content (AvgIpc) is 3.16. The smallest absolute Gasteiger partial charge is 0.174 e. The molecular weight excluding hydrogens is 464 g/mol. The zero-order valence-electron chi connectivity index (χ0n) is 19.6. The molecule has 0 radical (unpaired) electrons. The third-order valence-electron chi connectivity index (χ3n) is 6.88. The topological polar surface area (TPSA) is 51.6 Å². The van der Waals surface area contributed by atoms with E-state index >= 15 is 0 Å². The summed E-state index contributed by atoms with van der Waals surface area (Å²) in [7, 11) is 2.13. The van der Waals surface area contributed by atoms with Crippen molar-refractivity contribution >= 4 is 45.9 Å². The van der Waals surface area contributed by atoms with Crippen molar-refractivity contribution in [2.24, 2.45) is 0 Å². The first kappa shape index (κ1) is 22.7. The quantitative estimate of drug-likeness (QED) is 0.423. The number of likely N-dealkylation sites (N-methyl/N-ethyl adjacent to an activating group) is 1. The lowest BCUT2D eigenvalue weighted by Gasteiger charge is -2.41. The van der Waals surface area contributed by atoms with Crippen molar-refractivity contribution < 1.29 is 5.11 Å². The summed E-state index contributed by atoms with van der Waals surface area (Å²) in [5.41, 5.74) is 6.06. The van der Waals surface area contributed by atoms with Crippen LogP contribution in [0.1, 0.15) is 49.7 Å². The predicted molar refractivity (Wildman–Crippen MR) is 144 cm³/mol. The molecule has 0 aliphatic carbocycles. The Morgan fingerprint density at radius 2 is 1.88 bits per heavy atom. The Morgan fingerprint density at radius 1 is 1.09 bits per heavy atom. The molecule has 1 aromatic heterocycles. The minimum atomic E-state index is -0.231. The van der Waals surface area contributed by atoms with Crippen molar-refractivity contribution in [1.29, 1.82) is 0 Å². The van der Waals surface area contributed by atoms with Crippen molar-refractivity contribution in [2.75, 3.05) is 16.8 Å². The molecule has 2 atom stereocenters. The van der Waals surface area contributed by atoms with Crippen LogP contribution in [0, 0.1) is 0 Å². The third-order valence-corrected chi connectivity index (χ3v) is 7.43. The van der Waals surface area contributed by atoms with Crippen LogP contribution in [-0.4, -0.2) is 27.8 Å². The van der Waals surface area contributed by atoms with Gasteiger partial charge in [-0.2, -0.15) is 0 Å². The standard InChI is InChI=1S/C27H27ClN4OS/c1-16-15-27(2,3)31(4)21-10-8-17(13-19(16)21)25-24(20-7-5-6-12-29-20)30-26(34)32(25)22-14-18(28)9-11-23(22)33/h5-15,24-25,33H,1-4H3,(H,30,34)/t24-,25-/m0/s1. The second-order valence-electron chi connectivity index (χ2n) is 9.45. The van der Waals surface area contributed by atoms with Gasteiger partial charge in [0.2, 0.25) is 0 Å². The Labute approximate surface area is 210 Å². The summed E-state index contributed by atoms with van der Waals surface area (Å²) in [5, 5.41) is 15.2. The summed E-state index contributed by atoms with van der Waals surface area (Å²) in [6.07, 6.45) is 4.08. The number of hydrogen-bond donors (Lipinski definition) is 2. The Hall–Kier alpha value is -3.09. The van der Waals surface area contributed by atoms with Gasteiger partial charge in [0.25, 0.3) is 0 Å². The Morgan fingerprint density at radius 3 is 2.62 bits per heavy atom. The molecule has 2 aromatic carbocycles. The van der Waals surface area contributed by atoms with E-state index in [1.54, 1.807) is 24.4 Å². The van der Waals surface area contributed by atoms with E-state index in [9.17, 15) is 5.11 Å². The molecular formula is C27H27ClN4OS. The van der Waals surface area contributed by atoms with Gasteiger partial charge < -0.3 is 20.2 Å². The van der Waals surface area contributed by atoms with Crippen molar-refractivity contribution in [2.45, 2.75) is 38.4 Å². The van der Waals surface area contributed by atoms with Crippen LogP contribution in [-0.2, 0) is 0 Å². The van der Waals surface area contributed by atoms with Gasteiger partial charge in [0.1, 0.15) is 5.75 Å². The summed E-state index contributed by atoms with van der Waals surface area (Å²) >= 11 is 12.1. The number of thiocarbonyl (C=S) groups is 1. The number of phenols is 1. The van der Waals surface area contributed by atoms with Gasteiger partial charge in [-0.15, -0.1) is 0 Å². The van der Waals surface area contributed by atoms with Crippen LogP contribution in [0.5, 0.6) is 5.75 Å². The second-order valence-corrected chi connectivity index (χ2v) is 10.3. The molecule has 5 rings (SSSR count). The van der Waals surface area contributed by atoms with Crippen LogP contribution in [0.25, 0.3) is 5.57 Å². The van der Waals surface area contributed by atoms with Gasteiger partial charge in [-0.25, -0.2) is 0 Å². The number of halogens is 1. The van der Waals surface area contributed by atoms with Crippen molar-refractivity contribution in [3.05, 3.63) is 88.7 Å². The monoisotopic (exact) mass is 490 g/mol. The number of phenolic OH excluding ortho intramolecular Hbond substituents is 1. The van der Waals surface area contributed by atoms with Gasteiger partial charge in [-0.3, -0.25) is 4.98 Å². The Bertz CT molecular complexity index is 1310.